The fourth-order valence-corrected chi connectivity index (χ4v) is 2.88. The summed E-state index contributed by atoms with van der Waals surface area (Å²) < 4.78 is 10.4. The Bertz CT molecular complexity index is 916. The number of carbonyl (C=O) groups excluding carboxylic acids is 2. The first-order chi connectivity index (χ1) is 14.9. The molecule has 0 radical (unpaired) electrons. The first kappa shape index (κ1) is 24.0. The van der Waals surface area contributed by atoms with Gasteiger partial charge >= 0.3 is 0 Å². The van der Waals surface area contributed by atoms with Crippen LogP contribution >= 0.6 is 11.6 Å². The minimum Gasteiger partial charge on any atom is -0.503 e. The zero-order valence-electron chi connectivity index (χ0n) is 17.5. The number of benzene rings is 2. The highest BCUT2D eigenvalue weighted by Gasteiger charge is 2.09. The Morgan fingerprint density at radius 2 is 1.94 bits per heavy atom. The molecular formula is C22H26ClN3O5. The average Bonchev–Trinajstić information content (AvgIpc) is 2.76. The van der Waals surface area contributed by atoms with Crippen molar-refractivity contribution in [3.63, 3.8) is 0 Å². The Kier molecular flexibility index (Phi) is 9.64. The van der Waals surface area contributed by atoms with Gasteiger partial charge < -0.3 is 19.9 Å². The van der Waals surface area contributed by atoms with E-state index in [-0.39, 0.29) is 29.0 Å². The minimum atomic E-state index is -0.463. The third-order valence-corrected chi connectivity index (χ3v) is 4.52. The molecule has 0 fully saturated rings. The van der Waals surface area contributed by atoms with E-state index in [2.05, 4.69) is 15.8 Å². The molecule has 3 N–H and O–H groups in total. The second kappa shape index (κ2) is 12.4. The zero-order valence-corrected chi connectivity index (χ0v) is 18.2. The lowest BCUT2D eigenvalue weighted by Gasteiger charge is -2.08. The van der Waals surface area contributed by atoms with Crippen LogP contribution in [0.1, 0.15) is 30.9 Å². The summed E-state index contributed by atoms with van der Waals surface area (Å²) in [6.45, 7) is 1.96. The van der Waals surface area contributed by atoms with Gasteiger partial charge in [0.2, 0.25) is 5.91 Å². The Hall–Kier alpha value is -3.26. The lowest BCUT2D eigenvalue weighted by molar-refractivity contribution is -0.126. The van der Waals surface area contributed by atoms with Crippen LogP contribution in [0.3, 0.4) is 0 Å². The van der Waals surface area contributed by atoms with E-state index in [0.29, 0.717) is 25.0 Å². The van der Waals surface area contributed by atoms with Crippen molar-refractivity contribution in [2.75, 3.05) is 20.3 Å². The van der Waals surface area contributed by atoms with Crippen LogP contribution in [0, 0.1) is 0 Å². The highest BCUT2D eigenvalue weighted by molar-refractivity contribution is 6.32. The molecule has 0 saturated carbocycles. The van der Waals surface area contributed by atoms with Crippen LogP contribution in [-0.2, 0) is 16.0 Å². The van der Waals surface area contributed by atoms with Gasteiger partial charge in [0, 0.05) is 6.42 Å². The lowest BCUT2D eigenvalue weighted by atomic mass is 10.1. The number of rotatable bonds is 11. The molecule has 0 atom stereocenters. The number of hydrazone groups is 1. The van der Waals surface area contributed by atoms with Crippen molar-refractivity contribution < 1.29 is 24.2 Å². The van der Waals surface area contributed by atoms with Gasteiger partial charge in [-0.05, 0) is 55.2 Å². The molecule has 0 aliphatic carbocycles. The van der Waals surface area contributed by atoms with Crippen molar-refractivity contribution in [3.8, 4) is 17.2 Å². The topological polar surface area (TPSA) is 109 Å². The first-order valence-corrected chi connectivity index (χ1v) is 10.2. The van der Waals surface area contributed by atoms with Gasteiger partial charge in [0.05, 0.1) is 31.5 Å². The van der Waals surface area contributed by atoms with Crippen LogP contribution in [0.4, 0.5) is 0 Å². The number of carbonyl (C=O) groups is 2. The fraction of sp³-hybridized carbons (Fsp3) is 0.318. The normalized spacial score (nSPS) is 10.7. The predicted molar refractivity (Wildman–Crippen MR) is 119 cm³/mol. The van der Waals surface area contributed by atoms with Crippen molar-refractivity contribution in [3.05, 3.63) is 52.5 Å². The van der Waals surface area contributed by atoms with Crippen molar-refractivity contribution in [2.45, 2.75) is 26.2 Å². The van der Waals surface area contributed by atoms with E-state index in [9.17, 15) is 14.7 Å². The van der Waals surface area contributed by atoms with Crippen LogP contribution in [0.25, 0.3) is 0 Å². The number of hydrogen-bond donors (Lipinski definition) is 3. The third-order valence-electron chi connectivity index (χ3n) is 4.23. The van der Waals surface area contributed by atoms with E-state index >= 15 is 0 Å². The van der Waals surface area contributed by atoms with Gasteiger partial charge in [-0.1, -0.05) is 23.7 Å². The van der Waals surface area contributed by atoms with E-state index in [4.69, 9.17) is 21.1 Å². The van der Waals surface area contributed by atoms with Crippen LogP contribution < -0.4 is 20.2 Å². The Morgan fingerprint density at radius 1 is 1.19 bits per heavy atom. The summed E-state index contributed by atoms with van der Waals surface area (Å²) in [6, 6.07) is 10.7. The molecule has 0 aliphatic heterocycles. The van der Waals surface area contributed by atoms with E-state index < -0.39 is 5.91 Å². The summed E-state index contributed by atoms with van der Waals surface area (Å²) in [5, 5.41) is 16.3. The summed E-state index contributed by atoms with van der Waals surface area (Å²) in [5.41, 5.74) is 3.97. The number of nitrogens with zero attached hydrogens (tertiary/aromatic N) is 1. The highest BCUT2D eigenvalue weighted by atomic mass is 35.5. The molecule has 0 aliphatic rings. The SMILES string of the molecule is CCOc1cc(C=NNC(=O)CNC(=O)CCCc2ccc(OC)cc2)cc(Cl)c1O. The van der Waals surface area contributed by atoms with Crippen LogP contribution in [0.2, 0.25) is 5.02 Å². The summed E-state index contributed by atoms with van der Waals surface area (Å²) in [7, 11) is 1.61. The molecule has 0 unspecified atom stereocenters. The second-order valence-electron chi connectivity index (χ2n) is 6.55. The Morgan fingerprint density at radius 3 is 2.61 bits per heavy atom. The second-order valence-corrected chi connectivity index (χ2v) is 6.96. The largest absolute Gasteiger partial charge is 0.503 e. The smallest absolute Gasteiger partial charge is 0.259 e. The molecule has 0 bridgehead atoms. The van der Waals surface area contributed by atoms with Crippen LogP contribution in [-0.4, -0.2) is 43.4 Å². The van der Waals surface area contributed by atoms with Gasteiger partial charge in [-0.15, -0.1) is 0 Å². The van der Waals surface area contributed by atoms with E-state index in [1.807, 2.05) is 24.3 Å². The summed E-state index contributed by atoms with van der Waals surface area (Å²) in [4.78, 5) is 23.7. The molecule has 9 heteroatoms. The molecule has 166 valence electrons. The maximum Gasteiger partial charge on any atom is 0.259 e. The molecule has 2 aromatic carbocycles. The number of phenols is 1. The number of methoxy groups -OCH3 is 1. The zero-order chi connectivity index (χ0) is 22.6. The van der Waals surface area contributed by atoms with Gasteiger partial charge in [-0.25, -0.2) is 5.43 Å². The summed E-state index contributed by atoms with van der Waals surface area (Å²) in [5.74, 6) is 0.191. The molecule has 0 saturated heterocycles. The van der Waals surface area contributed by atoms with Crippen LogP contribution in [0.5, 0.6) is 17.2 Å². The average molecular weight is 448 g/mol. The predicted octanol–water partition coefficient (Wildman–Crippen LogP) is 3.04. The maximum atomic E-state index is 11.9. The van der Waals surface area contributed by atoms with Crippen molar-refractivity contribution >= 4 is 29.6 Å². The number of amides is 2. The van der Waals surface area contributed by atoms with E-state index in [0.717, 1.165) is 17.7 Å². The summed E-state index contributed by atoms with van der Waals surface area (Å²) in [6.07, 6.45) is 3.10. The molecule has 8 nitrogen and oxygen atoms in total. The van der Waals surface area contributed by atoms with Gasteiger partial charge in [-0.3, -0.25) is 9.59 Å². The van der Waals surface area contributed by atoms with Crippen molar-refractivity contribution in [1.29, 1.82) is 0 Å². The highest BCUT2D eigenvalue weighted by Crippen LogP contribution is 2.34. The Labute approximate surface area is 186 Å². The van der Waals surface area contributed by atoms with E-state index in [1.54, 1.807) is 20.1 Å². The third kappa shape index (κ3) is 8.18. The lowest BCUT2D eigenvalue weighted by Crippen LogP contribution is -2.34. The molecule has 2 aromatic rings. The van der Waals surface area contributed by atoms with E-state index in [1.165, 1.54) is 12.3 Å². The van der Waals surface area contributed by atoms with Gasteiger partial charge in [0.15, 0.2) is 11.5 Å². The number of phenolic OH excluding ortho intramolecular Hbond substituents is 1. The number of ether oxygens (including phenoxy) is 2. The number of halogens is 1. The number of nitrogens with one attached hydrogen (secondary N) is 2. The van der Waals surface area contributed by atoms with Crippen molar-refractivity contribution in [1.82, 2.24) is 10.7 Å². The minimum absolute atomic E-state index is 0.112. The standard InChI is InChI=1S/C22H26ClN3O5/c1-3-31-19-12-16(11-18(23)22(19)29)13-25-26-21(28)14-24-20(27)6-4-5-15-7-9-17(30-2)10-8-15/h7-13,29H,3-6,14H2,1-2H3,(H,24,27)(H,26,28). The molecule has 0 aromatic heterocycles. The van der Waals surface area contributed by atoms with Gasteiger partial charge in [0.25, 0.3) is 5.91 Å². The quantitative estimate of drug-likeness (QED) is 0.362. The first-order valence-electron chi connectivity index (χ1n) is 9.79. The number of hydrogen-bond acceptors (Lipinski definition) is 6. The van der Waals surface area contributed by atoms with Crippen molar-refractivity contribution in [2.24, 2.45) is 5.10 Å². The van der Waals surface area contributed by atoms with Gasteiger partial charge in [-0.2, -0.15) is 5.10 Å². The number of aryl methyl sites for hydroxylation is 1. The molecule has 31 heavy (non-hydrogen) atoms. The van der Waals surface area contributed by atoms with Crippen LogP contribution in [0.15, 0.2) is 41.5 Å². The Balaban J connectivity index is 1.70. The molecule has 0 spiro atoms. The molecule has 2 amide bonds. The molecular weight excluding hydrogens is 422 g/mol. The molecule has 2 rings (SSSR count). The molecule has 0 heterocycles. The maximum absolute atomic E-state index is 11.9. The monoisotopic (exact) mass is 447 g/mol. The number of aromatic hydroxyl groups is 1. The summed E-state index contributed by atoms with van der Waals surface area (Å²) >= 11 is 5.94. The van der Waals surface area contributed by atoms with Gasteiger partial charge in [0.1, 0.15) is 5.75 Å². The fourth-order valence-electron chi connectivity index (χ4n) is 2.66.